The Bertz CT molecular complexity index is 1130. The van der Waals surface area contributed by atoms with Gasteiger partial charge in [0.05, 0.1) is 11.0 Å². The van der Waals surface area contributed by atoms with Gasteiger partial charge < -0.3 is 14.4 Å². The zero-order chi connectivity index (χ0) is 22.0. The van der Waals surface area contributed by atoms with Crippen LogP contribution in [0.15, 0.2) is 53.3 Å². The molecule has 4 rings (SSSR count). The maximum Gasteiger partial charge on any atom is 0.277 e. The van der Waals surface area contributed by atoms with Crippen molar-refractivity contribution < 1.29 is 4.79 Å². The number of carbonyl (C=O) groups excluding carboxylic acids is 1. The van der Waals surface area contributed by atoms with Gasteiger partial charge in [0.25, 0.3) is 11.5 Å². The molecule has 0 spiro atoms. The Hall–Kier alpha value is -2.99. The highest BCUT2D eigenvalue weighted by Gasteiger charge is 2.19. The molecule has 1 fully saturated rings. The molecule has 0 atom stereocenters. The van der Waals surface area contributed by atoms with Gasteiger partial charge in [-0.3, -0.25) is 9.59 Å². The Morgan fingerprint density at radius 2 is 1.74 bits per heavy atom. The van der Waals surface area contributed by atoms with Crippen molar-refractivity contribution in [1.82, 2.24) is 19.4 Å². The van der Waals surface area contributed by atoms with Gasteiger partial charge >= 0.3 is 0 Å². The topological polar surface area (TPSA) is 58.4 Å². The van der Waals surface area contributed by atoms with Crippen LogP contribution in [0.25, 0.3) is 22.3 Å². The van der Waals surface area contributed by atoms with Crippen LogP contribution in [0.5, 0.6) is 0 Å². The number of fused-ring (bicyclic) bond motifs is 1. The Morgan fingerprint density at radius 1 is 1.00 bits per heavy atom. The first-order chi connectivity index (χ1) is 14.9. The van der Waals surface area contributed by atoms with E-state index in [-0.39, 0.29) is 11.5 Å². The summed E-state index contributed by atoms with van der Waals surface area (Å²) >= 11 is 0. The molecule has 0 radical (unpaired) electrons. The normalized spacial score (nSPS) is 15.4. The molecule has 1 saturated heterocycles. The van der Waals surface area contributed by atoms with Crippen LogP contribution < -0.4 is 5.56 Å². The number of para-hydroxylation sites is 2. The predicted molar refractivity (Wildman–Crippen MR) is 124 cm³/mol. The van der Waals surface area contributed by atoms with Gasteiger partial charge in [0.2, 0.25) is 0 Å². The highest BCUT2D eigenvalue weighted by molar-refractivity contribution is 5.94. The molecule has 3 aromatic rings. The van der Waals surface area contributed by atoms with E-state index in [1.54, 1.807) is 0 Å². The lowest BCUT2D eigenvalue weighted by molar-refractivity contribution is 0.0763. The van der Waals surface area contributed by atoms with Gasteiger partial charge in [-0.1, -0.05) is 38.1 Å². The summed E-state index contributed by atoms with van der Waals surface area (Å²) < 4.78 is 1.81. The fourth-order valence-electron chi connectivity index (χ4n) is 4.13. The van der Waals surface area contributed by atoms with Crippen LogP contribution in [0, 0.1) is 5.92 Å². The standard InChI is InChI=1S/C25H30N4O2/c1-18(2)17-29-22-8-5-4-7-21(22)26-23(25(29)31)19-9-11-20(12-10-19)24(30)28-14-6-13-27(3)15-16-28/h4-5,7-12,18H,6,13-17H2,1-3H3. The smallest absolute Gasteiger partial charge is 0.277 e. The average molecular weight is 419 g/mol. The summed E-state index contributed by atoms with van der Waals surface area (Å²) in [7, 11) is 2.09. The number of carbonyl (C=O) groups is 1. The lowest BCUT2D eigenvalue weighted by Crippen LogP contribution is -2.34. The quantitative estimate of drug-likeness (QED) is 0.651. The summed E-state index contributed by atoms with van der Waals surface area (Å²) in [6.45, 7) is 8.25. The van der Waals surface area contributed by atoms with Crippen molar-refractivity contribution in [3.05, 3.63) is 64.4 Å². The first kappa shape index (κ1) is 21.2. The number of hydrogen-bond donors (Lipinski definition) is 0. The van der Waals surface area contributed by atoms with Crippen LogP contribution >= 0.6 is 0 Å². The third kappa shape index (κ3) is 4.54. The van der Waals surface area contributed by atoms with Crippen LogP contribution in [0.1, 0.15) is 30.6 Å². The van der Waals surface area contributed by atoms with Crippen molar-refractivity contribution in [1.29, 1.82) is 0 Å². The Kier molecular flexibility index (Phi) is 6.18. The molecule has 0 bridgehead atoms. The third-order valence-corrected chi connectivity index (χ3v) is 5.81. The van der Waals surface area contributed by atoms with Gasteiger partial charge in [-0.05, 0) is 50.2 Å². The van der Waals surface area contributed by atoms with Crippen molar-refractivity contribution in [2.45, 2.75) is 26.8 Å². The molecule has 0 N–H and O–H groups in total. The molecule has 0 unspecified atom stereocenters. The summed E-state index contributed by atoms with van der Waals surface area (Å²) in [4.78, 5) is 35.1. The van der Waals surface area contributed by atoms with Gasteiger partial charge in [0.15, 0.2) is 0 Å². The van der Waals surface area contributed by atoms with Crippen LogP contribution in [-0.4, -0.2) is 58.5 Å². The highest BCUT2D eigenvalue weighted by atomic mass is 16.2. The van der Waals surface area contributed by atoms with E-state index >= 15 is 0 Å². The molecule has 6 heteroatoms. The van der Waals surface area contributed by atoms with Crippen molar-refractivity contribution in [3.63, 3.8) is 0 Å². The number of hydrogen-bond acceptors (Lipinski definition) is 4. The lowest BCUT2D eigenvalue weighted by Gasteiger charge is -2.20. The van der Waals surface area contributed by atoms with Gasteiger partial charge in [-0.2, -0.15) is 0 Å². The molecule has 31 heavy (non-hydrogen) atoms. The van der Waals surface area contributed by atoms with Gasteiger partial charge in [0.1, 0.15) is 5.69 Å². The van der Waals surface area contributed by atoms with Crippen LogP contribution in [0.4, 0.5) is 0 Å². The minimum absolute atomic E-state index is 0.0468. The van der Waals surface area contributed by atoms with Gasteiger partial charge in [-0.25, -0.2) is 4.98 Å². The number of aromatic nitrogens is 2. The van der Waals surface area contributed by atoms with Crippen molar-refractivity contribution in [2.75, 3.05) is 33.2 Å². The van der Waals surface area contributed by atoms with Crippen LogP contribution in [0.2, 0.25) is 0 Å². The number of amides is 1. The summed E-state index contributed by atoms with van der Waals surface area (Å²) in [5.74, 6) is 0.384. The molecular weight excluding hydrogens is 388 g/mol. The molecule has 2 heterocycles. The summed E-state index contributed by atoms with van der Waals surface area (Å²) in [6.07, 6.45) is 0.983. The number of benzene rings is 2. The molecule has 1 aliphatic rings. The molecule has 0 aliphatic carbocycles. The van der Waals surface area contributed by atoms with E-state index in [1.165, 1.54) is 0 Å². The van der Waals surface area contributed by atoms with Crippen LogP contribution in [-0.2, 0) is 6.54 Å². The minimum Gasteiger partial charge on any atom is -0.337 e. The highest BCUT2D eigenvalue weighted by Crippen LogP contribution is 2.20. The predicted octanol–water partition coefficient (Wildman–Crippen LogP) is 3.50. The number of likely N-dealkylation sites (N-methyl/N-ethyl adjacent to an activating group) is 1. The lowest BCUT2D eigenvalue weighted by atomic mass is 10.1. The fraction of sp³-hybridized carbons (Fsp3) is 0.400. The van der Waals surface area contributed by atoms with E-state index in [0.29, 0.717) is 23.7 Å². The van der Waals surface area contributed by atoms with E-state index < -0.39 is 0 Å². The van der Waals surface area contributed by atoms with Crippen molar-refractivity contribution in [2.24, 2.45) is 5.92 Å². The fourth-order valence-corrected chi connectivity index (χ4v) is 4.13. The number of rotatable bonds is 4. The van der Waals surface area contributed by atoms with E-state index in [9.17, 15) is 9.59 Å². The molecule has 2 aromatic carbocycles. The molecule has 6 nitrogen and oxygen atoms in total. The minimum atomic E-state index is -0.0953. The second kappa shape index (κ2) is 9.02. The average Bonchev–Trinajstić information content (AvgIpc) is 2.99. The van der Waals surface area contributed by atoms with E-state index in [4.69, 9.17) is 0 Å². The van der Waals surface area contributed by atoms with Gasteiger partial charge in [-0.15, -0.1) is 0 Å². The summed E-state index contributed by atoms with van der Waals surface area (Å²) in [6, 6.07) is 15.1. The Balaban J connectivity index is 1.67. The maximum absolute atomic E-state index is 13.3. The maximum atomic E-state index is 13.3. The molecule has 1 amide bonds. The molecule has 1 aromatic heterocycles. The number of nitrogens with zero attached hydrogens (tertiary/aromatic N) is 4. The summed E-state index contributed by atoms with van der Waals surface area (Å²) in [5.41, 5.74) is 3.36. The van der Waals surface area contributed by atoms with E-state index in [0.717, 1.165) is 49.2 Å². The third-order valence-electron chi connectivity index (χ3n) is 5.81. The first-order valence-electron chi connectivity index (χ1n) is 11.0. The molecule has 1 aliphatic heterocycles. The first-order valence-corrected chi connectivity index (χ1v) is 11.0. The SMILES string of the molecule is CC(C)Cn1c(=O)c(-c2ccc(C(=O)N3CCCN(C)CC3)cc2)nc2ccccc21. The second-order valence-electron chi connectivity index (χ2n) is 8.79. The zero-order valence-corrected chi connectivity index (χ0v) is 18.5. The molecule has 0 saturated carbocycles. The Morgan fingerprint density at radius 3 is 2.48 bits per heavy atom. The Labute approximate surface area is 183 Å². The zero-order valence-electron chi connectivity index (χ0n) is 18.5. The van der Waals surface area contributed by atoms with E-state index in [2.05, 4.69) is 30.8 Å². The van der Waals surface area contributed by atoms with Crippen molar-refractivity contribution >= 4 is 16.9 Å². The molecular formula is C25H30N4O2. The van der Waals surface area contributed by atoms with Crippen LogP contribution in [0.3, 0.4) is 0 Å². The van der Waals surface area contributed by atoms with Gasteiger partial charge in [0, 0.05) is 37.3 Å². The second-order valence-corrected chi connectivity index (χ2v) is 8.79. The summed E-state index contributed by atoms with van der Waals surface area (Å²) in [5, 5.41) is 0. The van der Waals surface area contributed by atoms with Crippen molar-refractivity contribution in [3.8, 4) is 11.3 Å². The largest absolute Gasteiger partial charge is 0.337 e. The monoisotopic (exact) mass is 418 g/mol. The van der Waals surface area contributed by atoms with E-state index in [1.807, 2.05) is 58.0 Å². The molecule has 162 valence electrons.